The highest BCUT2D eigenvalue weighted by atomic mass is 32.2. The summed E-state index contributed by atoms with van der Waals surface area (Å²) < 4.78 is 39.9. The molecule has 0 aliphatic carbocycles. The molecule has 1 saturated heterocycles. The van der Waals surface area contributed by atoms with Gasteiger partial charge in [0.25, 0.3) is 10.0 Å². The third-order valence-corrected chi connectivity index (χ3v) is 7.10. The van der Waals surface area contributed by atoms with Crippen LogP contribution in [0.25, 0.3) is 0 Å². The molecule has 2 aliphatic rings. The van der Waals surface area contributed by atoms with Crippen LogP contribution in [-0.2, 0) is 19.6 Å². The number of anilines is 1. The Morgan fingerprint density at radius 3 is 2.61 bits per heavy atom. The summed E-state index contributed by atoms with van der Waals surface area (Å²) in [6.07, 6.45) is -0.542. The number of carbonyl (C=O) groups excluding carboxylic acids is 1. The molecule has 0 aromatic heterocycles. The number of carbonyl (C=O) groups is 1. The molecule has 0 unspecified atom stereocenters. The SMILES string of the molecule is CN(C)C(=O)C[C@H]1C[C@@H]2c3cc(NS(=O)(=O)c4ccccc4)ccc3O[C@@H]2[C@@H](CO)O1. The molecule has 31 heavy (non-hydrogen) atoms. The van der Waals surface area contributed by atoms with Gasteiger partial charge in [-0.1, -0.05) is 18.2 Å². The van der Waals surface area contributed by atoms with E-state index in [4.69, 9.17) is 9.47 Å². The zero-order valence-electron chi connectivity index (χ0n) is 17.4. The molecule has 8 nitrogen and oxygen atoms in total. The molecule has 2 heterocycles. The van der Waals surface area contributed by atoms with Crippen molar-refractivity contribution in [3.8, 4) is 5.75 Å². The molecule has 2 aromatic rings. The van der Waals surface area contributed by atoms with Gasteiger partial charge in [-0.3, -0.25) is 9.52 Å². The standard InChI is InChI=1S/C22H26N2O6S/c1-24(2)21(26)12-15-11-18-17-10-14(23-31(27,28)16-6-4-3-5-7-16)8-9-19(17)30-22(18)20(13-25)29-15/h3-10,15,18,20,22-23,25H,11-13H2,1-2H3/t15-,18-,20-,22+/m1/s1. The summed E-state index contributed by atoms with van der Waals surface area (Å²) in [5.74, 6) is 0.477. The molecule has 0 saturated carbocycles. The fourth-order valence-corrected chi connectivity index (χ4v) is 5.21. The van der Waals surface area contributed by atoms with Gasteiger partial charge in [0.15, 0.2) is 0 Å². The maximum absolute atomic E-state index is 12.7. The van der Waals surface area contributed by atoms with Crippen LogP contribution in [-0.4, -0.2) is 63.3 Å². The van der Waals surface area contributed by atoms with Crippen LogP contribution in [0.1, 0.15) is 24.3 Å². The number of hydrogen-bond acceptors (Lipinski definition) is 6. The fraction of sp³-hybridized carbons (Fsp3) is 0.409. The predicted octanol–water partition coefficient (Wildman–Crippen LogP) is 1.96. The molecule has 9 heteroatoms. The number of nitrogens with one attached hydrogen (secondary N) is 1. The summed E-state index contributed by atoms with van der Waals surface area (Å²) in [5.41, 5.74) is 1.28. The first-order valence-corrected chi connectivity index (χ1v) is 11.6. The van der Waals surface area contributed by atoms with Crippen molar-refractivity contribution in [3.63, 3.8) is 0 Å². The first-order valence-electron chi connectivity index (χ1n) is 10.1. The quantitative estimate of drug-likeness (QED) is 0.703. The number of rotatable bonds is 6. The molecule has 0 spiro atoms. The Balaban J connectivity index is 1.58. The number of ether oxygens (including phenoxy) is 2. The van der Waals surface area contributed by atoms with Crippen LogP contribution in [0, 0.1) is 0 Å². The molecule has 166 valence electrons. The van der Waals surface area contributed by atoms with Gasteiger partial charge in [0.1, 0.15) is 18.0 Å². The van der Waals surface area contributed by atoms with Gasteiger partial charge in [-0.15, -0.1) is 0 Å². The first kappa shape index (κ1) is 21.6. The van der Waals surface area contributed by atoms with Gasteiger partial charge < -0.3 is 19.5 Å². The number of hydrogen-bond donors (Lipinski definition) is 2. The van der Waals surface area contributed by atoms with E-state index in [-0.39, 0.29) is 42.0 Å². The molecule has 2 aliphatic heterocycles. The number of aliphatic hydroxyl groups excluding tert-OH is 1. The van der Waals surface area contributed by atoms with E-state index in [1.165, 1.54) is 17.0 Å². The van der Waals surface area contributed by atoms with Gasteiger partial charge in [-0.25, -0.2) is 8.42 Å². The van der Waals surface area contributed by atoms with Crippen molar-refractivity contribution < 1.29 is 27.8 Å². The van der Waals surface area contributed by atoms with Crippen molar-refractivity contribution in [1.82, 2.24) is 4.90 Å². The molecular formula is C22H26N2O6S. The summed E-state index contributed by atoms with van der Waals surface area (Å²) in [7, 11) is -0.335. The van der Waals surface area contributed by atoms with Crippen molar-refractivity contribution in [1.29, 1.82) is 0 Å². The van der Waals surface area contributed by atoms with E-state index in [0.29, 0.717) is 17.9 Å². The van der Waals surface area contributed by atoms with Crippen molar-refractivity contribution in [3.05, 3.63) is 54.1 Å². The van der Waals surface area contributed by atoms with Gasteiger partial charge in [-0.05, 0) is 36.8 Å². The molecule has 4 atom stereocenters. The lowest BCUT2D eigenvalue weighted by Crippen LogP contribution is -2.47. The number of sulfonamides is 1. The van der Waals surface area contributed by atoms with Gasteiger partial charge >= 0.3 is 0 Å². The fourth-order valence-electron chi connectivity index (χ4n) is 4.14. The summed E-state index contributed by atoms with van der Waals surface area (Å²) in [5, 5.41) is 9.82. The molecule has 2 N–H and O–H groups in total. The number of nitrogens with zero attached hydrogens (tertiary/aromatic N) is 1. The Kier molecular flexibility index (Phi) is 5.92. The largest absolute Gasteiger partial charge is 0.487 e. The van der Waals surface area contributed by atoms with E-state index in [0.717, 1.165) is 5.56 Å². The predicted molar refractivity (Wildman–Crippen MR) is 115 cm³/mol. The lowest BCUT2D eigenvalue weighted by Gasteiger charge is -2.37. The second-order valence-corrected chi connectivity index (χ2v) is 9.75. The molecular weight excluding hydrogens is 420 g/mol. The minimum absolute atomic E-state index is 0.0522. The normalized spacial score (nSPS) is 24.6. The highest BCUT2D eigenvalue weighted by molar-refractivity contribution is 7.92. The number of benzene rings is 2. The zero-order valence-corrected chi connectivity index (χ0v) is 18.2. The van der Waals surface area contributed by atoms with Crippen LogP contribution < -0.4 is 9.46 Å². The summed E-state index contributed by atoms with van der Waals surface area (Å²) in [6.45, 7) is -0.227. The number of fused-ring (bicyclic) bond motifs is 3. The van der Waals surface area contributed by atoms with Crippen LogP contribution in [0.4, 0.5) is 5.69 Å². The van der Waals surface area contributed by atoms with E-state index < -0.39 is 16.1 Å². The highest BCUT2D eigenvalue weighted by Crippen LogP contribution is 2.47. The van der Waals surface area contributed by atoms with Crippen LogP contribution >= 0.6 is 0 Å². The Morgan fingerprint density at radius 1 is 1.19 bits per heavy atom. The van der Waals surface area contributed by atoms with Crippen LogP contribution in [0.3, 0.4) is 0 Å². The van der Waals surface area contributed by atoms with Gasteiger partial charge in [-0.2, -0.15) is 0 Å². The van der Waals surface area contributed by atoms with Crippen molar-refractivity contribution in [2.24, 2.45) is 0 Å². The topological polar surface area (TPSA) is 105 Å². The summed E-state index contributed by atoms with van der Waals surface area (Å²) in [4.78, 5) is 13.9. The molecule has 0 bridgehead atoms. The second-order valence-electron chi connectivity index (χ2n) is 8.07. The maximum Gasteiger partial charge on any atom is 0.261 e. The summed E-state index contributed by atoms with van der Waals surface area (Å²) >= 11 is 0. The zero-order chi connectivity index (χ0) is 22.2. The Labute approximate surface area is 181 Å². The van der Waals surface area contributed by atoms with E-state index in [1.807, 2.05) is 0 Å². The minimum Gasteiger partial charge on any atom is -0.487 e. The summed E-state index contributed by atoms with van der Waals surface area (Å²) in [6, 6.07) is 13.3. The second kappa shape index (κ2) is 8.49. The van der Waals surface area contributed by atoms with Crippen LogP contribution in [0.5, 0.6) is 5.75 Å². The highest BCUT2D eigenvalue weighted by Gasteiger charge is 2.46. The van der Waals surface area contributed by atoms with Gasteiger partial charge in [0.2, 0.25) is 5.91 Å². The lowest BCUT2D eigenvalue weighted by atomic mass is 9.84. The molecule has 0 radical (unpaired) electrons. The van der Waals surface area contributed by atoms with Crippen LogP contribution in [0.2, 0.25) is 0 Å². The monoisotopic (exact) mass is 446 g/mol. The first-order chi connectivity index (χ1) is 14.8. The third-order valence-electron chi connectivity index (χ3n) is 5.71. The van der Waals surface area contributed by atoms with E-state index >= 15 is 0 Å². The van der Waals surface area contributed by atoms with E-state index in [1.54, 1.807) is 50.5 Å². The lowest BCUT2D eigenvalue weighted by molar-refractivity contribution is -0.147. The van der Waals surface area contributed by atoms with Crippen molar-refractivity contribution in [2.45, 2.75) is 42.0 Å². The Hall–Kier alpha value is -2.62. The molecule has 2 aromatic carbocycles. The van der Waals surface area contributed by atoms with E-state index in [9.17, 15) is 18.3 Å². The van der Waals surface area contributed by atoms with Gasteiger partial charge in [0, 0.05) is 31.3 Å². The minimum atomic E-state index is -3.72. The molecule has 4 rings (SSSR count). The Morgan fingerprint density at radius 2 is 1.94 bits per heavy atom. The van der Waals surface area contributed by atoms with Crippen molar-refractivity contribution >= 4 is 21.6 Å². The Bertz CT molecular complexity index is 1060. The van der Waals surface area contributed by atoms with E-state index in [2.05, 4.69) is 4.72 Å². The molecule has 1 amide bonds. The number of aliphatic hydroxyl groups is 1. The third kappa shape index (κ3) is 4.39. The van der Waals surface area contributed by atoms with Crippen molar-refractivity contribution in [2.75, 3.05) is 25.4 Å². The smallest absolute Gasteiger partial charge is 0.261 e. The van der Waals surface area contributed by atoms with Crippen LogP contribution in [0.15, 0.2) is 53.4 Å². The number of amides is 1. The molecule has 1 fully saturated rings. The average Bonchev–Trinajstić information content (AvgIpc) is 3.11. The van der Waals surface area contributed by atoms with Gasteiger partial charge in [0.05, 0.1) is 24.0 Å². The average molecular weight is 447 g/mol. The maximum atomic E-state index is 12.7.